The van der Waals surface area contributed by atoms with Crippen molar-refractivity contribution in [3.05, 3.63) is 58.7 Å². The maximum absolute atomic E-state index is 12.7. The second-order valence-electron chi connectivity index (χ2n) is 5.85. The van der Waals surface area contributed by atoms with Gasteiger partial charge in [-0.25, -0.2) is 4.90 Å². The van der Waals surface area contributed by atoms with Gasteiger partial charge >= 0.3 is 0 Å². The smallest absolute Gasteiger partial charge is 0.281 e. The van der Waals surface area contributed by atoms with Crippen molar-refractivity contribution in [2.75, 3.05) is 23.9 Å². The Kier molecular flexibility index (Phi) is 5.81. The third-order valence-corrected chi connectivity index (χ3v) is 4.55. The van der Waals surface area contributed by atoms with E-state index < -0.39 is 11.8 Å². The topological polar surface area (TPSA) is 67.9 Å². The van der Waals surface area contributed by atoms with Gasteiger partial charge in [-0.15, -0.1) is 0 Å². The second-order valence-corrected chi connectivity index (χ2v) is 6.71. The van der Waals surface area contributed by atoms with Gasteiger partial charge in [-0.3, -0.25) is 9.59 Å². The number of halogens is 1. The fourth-order valence-electron chi connectivity index (χ4n) is 2.59. The number of methoxy groups -OCH3 is 1. The number of nitrogens with zero attached hydrogens (tertiary/aromatic N) is 1. The van der Waals surface area contributed by atoms with Gasteiger partial charge in [0.25, 0.3) is 11.8 Å². The Balaban J connectivity index is 1.76. The van der Waals surface area contributed by atoms with Crippen molar-refractivity contribution < 1.29 is 19.1 Å². The van der Waals surface area contributed by atoms with E-state index in [1.165, 1.54) is 6.08 Å². The third-order valence-electron chi connectivity index (χ3n) is 3.93. The summed E-state index contributed by atoms with van der Waals surface area (Å²) in [7, 11) is 1.58. The Morgan fingerprint density at radius 2 is 1.85 bits per heavy atom. The highest BCUT2D eigenvalue weighted by Gasteiger charge is 2.32. The fraction of sp³-hybridized carbons (Fsp3) is 0.200. The molecule has 140 valence electrons. The quantitative estimate of drug-likeness (QED) is 0.669. The third kappa shape index (κ3) is 4.14. The molecule has 1 N–H and O–H groups in total. The van der Waals surface area contributed by atoms with E-state index in [-0.39, 0.29) is 5.70 Å². The van der Waals surface area contributed by atoms with Crippen LogP contribution in [0.1, 0.15) is 13.3 Å². The molecule has 0 atom stereocenters. The zero-order valence-electron chi connectivity index (χ0n) is 15.0. The maximum atomic E-state index is 12.7. The highest BCUT2D eigenvalue weighted by atomic mass is 79.9. The van der Waals surface area contributed by atoms with Gasteiger partial charge in [0.05, 0.1) is 23.9 Å². The van der Waals surface area contributed by atoms with Crippen molar-refractivity contribution in [2.45, 2.75) is 13.3 Å². The first-order valence-electron chi connectivity index (χ1n) is 8.47. The molecule has 0 saturated heterocycles. The number of carbonyl (C=O) groups excluding carboxylic acids is 2. The molecule has 27 heavy (non-hydrogen) atoms. The molecule has 1 heterocycles. The van der Waals surface area contributed by atoms with E-state index in [1.807, 2.05) is 6.92 Å². The first-order chi connectivity index (χ1) is 13.0. The SMILES string of the molecule is CCCOc1ccc(N2C(=O)C=C(Nc3ccc(OC)cc3)C2=O)cc1Br. The lowest BCUT2D eigenvalue weighted by atomic mass is 10.2. The minimum Gasteiger partial charge on any atom is -0.497 e. The number of ether oxygens (including phenoxy) is 2. The molecule has 0 aromatic heterocycles. The number of carbonyl (C=O) groups is 2. The molecule has 0 radical (unpaired) electrons. The first-order valence-corrected chi connectivity index (χ1v) is 9.26. The predicted molar refractivity (Wildman–Crippen MR) is 107 cm³/mol. The Morgan fingerprint density at radius 3 is 2.48 bits per heavy atom. The molecular weight excluding hydrogens is 412 g/mol. The molecule has 0 unspecified atom stereocenters. The van der Waals surface area contributed by atoms with Crippen LogP contribution in [0.5, 0.6) is 11.5 Å². The number of nitrogens with one attached hydrogen (secondary N) is 1. The van der Waals surface area contributed by atoms with Gasteiger partial charge in [0.2, 0.25) is 0 Å². The second kappa shape index (κ2) is 8.26. The highest BCUT2D eigenvalue weighted by molar-refractivity contribution is 9.10. The van der Waals surface area contributed by atoms with Crippen LogP contribution in [-0.4, -0.2) is 25.5 Å². The molecule has 1 aliphatic rings. The van der Waals surface area contributed by atoms with E-state index in [9.17, 15) is 9.59 Å². The number of rotatable bonds is 7. The molecule has 7 heteroatoms. The summed E-state index contributed by atoms with van der Waals surface area (Å²) >= 11 is 3.43. The van der Waals surface area contributed by atoms with Crippen LogP contribution in [0.3, 0.4) is 0 Å². The standard InChI is InChI=1S/C20H19BrN2O4/c1-3-10-27-18-9-6-14(11-16(18)21)23-19(24)12-17(20(23)25)22-13-4-7-15(26-2)8-5-13/h4-9,11-12,22H,3,10H2,1-2H3. The van der Waals surface area contributed by atoms with Crippen LogP contribution in [0.15, 0.2) is 58.7 Å². The van der Waals surface area contributed by atoms with Gasteiger partial charge in [0, 0.05) is 11.8 Å². The average Bonchev–Trinajstić information content (AvgIpc) is 2.94. The van der Waals surface area contributed by atoms with Gasteiger partial charge in [-0.2, -0.15) is 0 Å². The normalized spacial score (nSPS) is 13.6. The molecular formula is C20H19BrN2O4. The monoisotopic (exact) mass is 430 g/mol. The van der Waals surface area contributed by atoms with Crippen molar-refractivity contribution in [1.29, 1.82) is 0 Å². The number of anilines is 2. The van der Waals surface area contributed by atoms with Crippen LogP contribution >= 0.6 is 15.9 Å². The van der Waals surface area contributed by atoms with Crippen LogP contribution in [0.2, 0.25) is 0 Å². The van der Waals surface area contributed by atoms with Crippen molar-refractivity contribution in [1.82, 2.24) is 0 Å². The Labute approximate surface area is 165 Å². The molecule has 2 aromatic carbocycles. The number of imide groups is 1. The van der Waals surface area contributed by atoms with Crippen molar-refractivity contribution in [3.63, 3.8) is 0 Å². The van der Waals surface area contributed by atoms with E-state index in [0.29, 0.717) is 34.0 Å². The lowest BCUT2D eigenvalue weighted by Gasteiger charge is -2.17. The van der Waals surface area contributed by atoms with Crippen molar-refractivity contribution in [3.8, 4) is 11.5 Å². The molecule has 2 aromatic rings. The zero-order valence-corrected chi connectivity index (χ0v) is 16.6. The summed E-state index contributed by atoms with van der Waals surface area (Å²) in [5.41, 5.74) is 1.38. The maximum Gasteiger partial charge on any atom is 0.281 e. The number of hydrogen-bond donors (Lipinski definition) is 1. The van der Waals surface area contributed by atoms with Crippen LogP contribution in [0.25, 0.3) is 0 Å². The first kappa shape index (κ1) is 19.0. The molecule has 6 nitrogen and oxygen atoms in total. The summed E-state index contributed by atoms with van der Waals surface area (Å²) in [6.07, 6.45) is 2.18. The number of benzene rings is 2. The lowest BCUT2D eigenvalue weighted by Crippen LogP contribution is -2.31. The van der Waals surface area contributed by atoms with E-state index in [1.54, 1.807) is 49.6 Å². The zero-order chi connectivity index (χ0) is 19.4. The average molecular weight is 431 g/mol. The summed E-state index contributed by atoms with van der Waals surface area (Å²) < 4.78 is 11.4. The Morgan fingerprint density at radius 1 is 1.11 bits per heavy atom. The lowest BCUT2D eigenvalue weighted by molar-refractivity contribution is -0.120. The van der Waals surface area contributed by atoms with Crippen molar-refractivity contribution in [2.24, 2.45) is 0 Å². The Hall–Kier alpha value is -2.80. The van der Waals surface area contributed by atoms with Crippen LogP contribution < -0.4 is 19.7 Å². The summed E-state index contributed by atoms with van der Waals surface area (Å²) in [5, 5.41) is 2.98. The van der Waals surface area contributed by atoms with Gasteiger partial charge < -0.3 is 14.8 Å². The molecule has 0 fully saturated rings. The van der Waals surface area contributed by atoms with E-state index in [0.717, 1.165) is 11.3 Å². The van der Waals surface area contributed by atoms with Crippen LogP contribution in [-0.2, 0) is 9.59 Å². The largest absolute Gasteiger partial charge is 0.497 e. The van der Waals surface area contributed by atoms with Crippen LogP contribution in [0, 0.1) is 0 Å². The van der Waals surface area contributed by atoms with E-state index >= 15 is 0 Å². The molecule has 0 bridgehead atoms. The number of hydrogen-bond acceptors (Lipinski definition) is 5. The minimum atomic E-state index is -0.412. The Bertz CT molecular complexity index is 893. The van der Waals surface area contributed by atoms with Gasteiger partial charge in [0.15, 0.2) is 0 Å². The minimum absolute atomic E-state index is 0.215. The van der Waals surface area contributed by atoms with Crippen LogP contribution in [0.4, 0.5) is 11.4 Å². The highest BCUT2D eigenvalue weighted by Crippen LogP contribution is 2.32. The summed E-state index contributed by atoms with van der Waals surface area (Å²) in [6.45, 7) is 2.61. The summed E-state index contributed by atoms with van der Waals surface area (Å²) in [4.78, 5) is 26.2. The molecule has 0 saturated carbocycles. The number of amides is 2. The van der Waals surface area contributed by atoms with Crippen molar-refractivity contribution >= 4 is 39.1 Å². The van der Waals surface area contributed by atoms with Gasteiger partial charge in [0.1, 0.15) is 17.2 Å². The molecule has 3 rings (SSSR count). The van der Waals surface area contributed by atoms with E-state index in [4.69, 9.17) is 9.47 Å². The molecule has 0 aliphatic carbocycles. The van der Waals surface area contributed by atoms with E-state index in [2.05, 4.69) is 21.2 Å². The van der Waals surface area contributed by atoms with Gasteiger partial charge in [-0.05, 0) is 64.8 Å². The summed E-state index contributed by atoms with van der Waals surface area (Å²) in [5.74, 6) is 0.569. The summed E-state index contributed by atoms with van der Waals surface area (Å²) in [6, 6.07) is 12.2. The molecule has 2 amide bonds. The van der Waals surface area contributed by atoms with Gasteiger partial charge in [-0.1, -0.05) is 6.92 Å². The predicted octanol–water partition coefficient (Wildman–Crippen LogP) is 4.12. The fourth-order valence-corrected chi connectivity index (χ4v) is 3.07. The molecule has 1 aliphatic heterocycles. The molecule has 0 spiro atoms.